The van der Waals surface area contributed by atoms with Crippen LogP contribution in [0.1, 0.15) is 39.6 Å². The molecule has 0 saturated heterocycles. The van der Waals surface area contributed by atoms with Gasteiger partial charge in [0, 0.05) is 16.5 Å². The average Bonchev–Trinajstić information content (AvgIpc) is 3.05. The zero-order valence-corrected chi connectivity index (χ0v) is 15.1. The molecule has 3 aromatic rings. The normalized spacial score (nSPS) is 10.8. The minimum absolute atomic E-state index is 0.413. The van der Waals surface area contributed by atoms with Gasteiger partial charge in [0.15, 0.2) is 5.82 Å². The number of carbonyl (C=O) groups excluding carboxylic acids is 1. The first kappa shape index (κ1) is 17.4. The Morgan fingerprint density at radius 1 is 1.12 bits per heavy atom. The molecule has 1 heterocycles. The number of benzene rings is 2. The summed E-state index contributed by atoms with van der Waals surface area (Å²) in [6.45, 7) is 0. The first-order valence-electron chi connectivity index (χ1n) is 7.90. The van der Waals surface area contributed by atoms with Crippen LogP contribution in [0.15, 0.2) is 57.5 Å². The van der Waals surface area contributed by atoms with Crippen molar-refractivity contribution in [2.24, 2.45) is 5.73 Å². The third-order valence-corrected chi connectivity index (χ3v) is 4.58. The molecule has 1 amide bonds. The standard InChI is InChI=1S/C19H17BrN3O2/c20-16-10-4-2-7-14(16)12-17-22-18(25-23-17)11-5-8-13-6-1-3-9-15(13)19(21)24/h1-4,6-7,9-11H,5,8,12H2,(H2,21,24). The number of primary amides is 1. The maximum absolute atomic E-state index is 11.4. The van der Waals surface area contributed by atoms with Gasteiger partial charge in [0.1, 0.15) is 0 Å². The lowest BCUT2D eigenvalue weighted by molar-refractivity contribution is 0.0999. The molecule has 0 aliphatic heterocycles. The fourth-order valence-electron chi connectivity index (χ4n) is 2.56. The lowest BCUT2D eigenvalue weighted by atomic mass is 10.0. The molecule has 3 rings (SSSR count). The summed E-state index contributed by atoms with van der Waals surface area (Å²) in [7, 11) is 0. The monoisotopic (exact) mass is 398 g/mol. The SMILES string of the molecule is NC(=O)c1ccccc1CC[CH]c1nc(Cc2ccccc2Br)no1. The predicted octanol–water partition coefficient (Wildman–Crippen LogP) is 3.71. The summed E-state index contributed by atoms with van der Waals surface area (Å²) < 4.78 is 6.29. The number of nitrogens with two attached hydrogens (primary N) is 1. The number of amides is 1. The fraction of sp³-hybridized carbons (Fsp3) is 0.158. The second-order valence-corrected chi connectivity index (χ2v) is 6.44. The largest absolute Gasteiger partial charge is 0.366 e. The van der Waals surface area contributed by atoms with Gasteiger partial charge in [0.2, 0.25) is 11.8 Å². The fourth-order valence-corrected chi connectivity index (χ4v) is 2.99. The average molecular weight is 399 g/mol. The summed E-state index contributed by atoms with van der Waals surface area (Å²) in [5.41, 5.74) is 7.96. The molecule has 0 saturated carbocycles. The van der Waals surface area contributed by atoms with Crippen molar-refractivity contribution in [2.75, 3.05) is 0 Å². The molecule has 0 bridgehead atoms. The minimum Gasteiger partial charge on any atom is -0.366 e. The van der Waals surface area contributed by atoms with Crippen molar-refractivity contribution >= 4 is 21.8 Å². The highest BCUT2D eigenvalue weighted by Gasteiger charge is 2.11. The maximum Gasteiger partial charge on any atom is 0.248 e. The summed E-state index contributed by atoms with van der Waals surface area (Å²) in [5.74, 6) is 0.707. The van der Waals surface area contributed by atoms with Gasteiger partial charge in [-0.25, -0.2) is 0 Å². The van der Waals surface area contributed by atoms with E-state index >= 15 is 0 Å². The van der Waals surface area contributed by atoms with Gasteiger partial charge in [-0.1, -0.05) is 57.5 Å². The Hall–Kier alpha value is -2.47. The Balaban J connectivity index is 1.58. The van der Waals surface area contributed by atoms with Crippen LogP contribution in [0.4, 0.5) is 0 Å². The van der Waals surface area contributed by atoms with Gasteiger partial charge in [-0.2, -0.15) is 4.98 Å². The molecule has 6 heteroatoms. The van der Waals surface area contributed by atoms with E-state index in [0.717, 1.165) is 15.6 Å². The molecule has 1 aromatic heterocycles. The van der Waals surface area contributed by atoms with Crippen LogP contribution in [0, 0.1) is 6.42 Å². The van der Waals surface area contributed by atoms with E-state index in [1.165, 1.54) is 0 Å². The zero-order valence-electron chi connectivity index (χ0n) is 13.5. The first-order chi connectivity index (χ1) is 12.1. The lowest BCUT2D eigenvalue weighted by Crippen LogP contribution is -2.13. The number of halogens is 1. The Labute approximate surface area is 154 Å². The minimum atomic E-state index is -0.413. The van der Waals surface area contributed by atoms with Crippen molar-refractivity contribution in [1.29, 1.82) is 0 Å². The highest BCUT2D eigenvalue weighted by Crippen LogP contribution is 2.19. The van der Waals surface area contributed by atoms with Crippen molar-refractivity contribution in [2.45, 2.75) is 19.3 Å². The highest BCUT2D eigenvalue weighted by molar-refractivity contribution is 9.10. The third-order valence-electron chi connectivity index (χ3n) is 3.81. The number of hydrogen-bond acceptors (Lipinski definition) is 4. The summed E-state index contributed by atoms with van der Waals surface area (Å²) >= 11 is 3.52. The summed E-state index contributed by atoms with van der Waals surface area (Å²) in [6, 6.07) is 15.3. The van der Waals surface area contributed by atoms with E-state index < -0.39 is 5.91 Å². The summed E-state index contributed by atoms with van der Waals surface area (Å²) in [5, 5.41) is 4.01. The van der Waals surface area contributed by atoms with E-state index in [1.54, 1.807) is 12.1 Å². The number of carbonyl (C=O) groups is 1. The van der Waals surface area contributed by atoms with E-state index in [4.69, 9.17) is 10.3 Å². The van der Waals surface area contributed by atoms with Gasteiger partial charge >= 0.3 is 0 Å². The highest BCUT2D eigenvalue weighted by atomic mass is 79.9. The molecular formula is C19H17BrN3O2. The number of hydrogen-bond donors (Lipinski definition) is 1. The molecule has 0 atom stereocenters. The van der Waals surface area contributed by atoms with Crippen LogP contribution in [0.5, 0.6) is 0 Å². The van der Waals surface area contributed by atoms with Crippen molar-refractivity contribution in [3.63, 3.8) is 0 Å². The van der Waals surface area contributed by atoms with E-state index in [9.17, 15) is 4.79 Å². The van der Waals surface area contributed by atoms with Gasteiger partial charge in [0.25, 0.3) is 0 Å². The Bertz CT molecular complexity index is 876. The van der Waals surface area contributed by atoms with E-state index in [0.29, 0.717) is 36.5 Å². The predicted molar refractivity (Wildman–Crippen MR) is 97.9 cm³/mol. The first-order valence-corrected chi connectivity index (χ1v) is 8.69. The Morgan fingerprint density at radius 3 is 2.60 bits per heavy atom. The van der Waals surface area contributed by atoms with Gasteiger partial charge in [-0.05, 0) is 36.1 Å². The van der Waals surface area contributed by atoms with E-state index in [-0.39, 0.29) is 0 Å². The smallest absolute Gasteiger partial charge is 0.248 e. The molecular weight excluding hydrogens is 382 g/mol. The van der Waals surface area contributed by atoms with Crippen LogP contribution < -0.4 is 5.73 Å². The maximum atomic E-state index is 11.4. The zero-order chi connectivity index (χ0) is 17.6. The van der Waals surface area contributed by atoms with Crippen LogP contribution in [0.25, 0.3) is 0 Å². The van der Waals surface area contributed by atoms with Crippen molar-refractivity contribution in [3.05, 3.63) is 87.8 Å². The second-order valence-electron chi connectivity index (χ2n) is 5.58. The number of aryl methyl sites for hydroxylation is 1. The van der Waals surface area contributed by atoms with Crippen molar-refractivity contribution < 1.29 is 9.32 Å². The number of aromatic nitrogens is 2. The molecule has 0 unspecified atom stereocenters. The van der Waals surface area contributed by atoms with Gasteiger partial charge < -0.3 is 10.3 Å². The molecule has 0 aliphatic carbocycles. The van der Waals surface area contributed by atoms with Gasteiger partial charge in [-0.15, -0.1) is 0 Å². The number of nitrogens with zero attached hydrogens (tertiary/aromatic N) is 2. The lowest BCUT2D eigenvalue weighted by Gasteiger charge is -2.04. The summed E-state index contributed by atoms with van der Waals surface area (Å²) in [6.07, 6.45) is 3.83. The molecule has 0 fully saturated rings. The van der Waals surface area contributed by atoms with Crippen LogP contribution in [-0.2, 0) is 12.8 Å². The molecule has 5 nitrogen and oxygen atoms in total. The van der Waals surface area contributed by atoms with Gasteiger partial charge in [-0.3, -0.25) is 4.79 Å². The van der Waals surface area contributed by atoms with Crippen LogP contribution in [0.2, 0.25) is 0 Å². The Kier molecular flexibility index (Phi) is 5.60. The molecule has 2 N–H and O–H groups in total. The van der Waals surface area contributed by atoms with Crippen molar-refractivity contribution in [1.82, 2.24) is 10.1 Å². The van der Waals surface area contributed by atoms with Crippen LogP contribution in [0.3, 0.4) is 0 Å². The van der Waals surface area contributed by atoms with Gasteiger partial charge in [0.05, 0.1) is 6.42 Å². The van der Waals surface area contributed by atoms with Crippen LogP contribution in [-0.4, -0.2) is 16.0 Å². The quantitative estimate of drug-likeness (QED) is 0.657. The van der Waals surface area contributed by atoms with E-state index in [1.807, 2.05) is 42.8 Å². The molecule has 0 spiro atoms. The van der Waals surface area contributed by atoms with Crippen LogP contribution >= 0.6 is 15.9 Å². The number of rotatable bonds is 7. The molecule has 0 aliphatic rings. The molecule has 2 aromatic carbocycles. The molecule has 25 heavy (non-hydrogen) atoms. The summed E-state index contributed by atoms with van der Waals surface area (Å²) in [4.78, 5) is 15.8. The Morgan fingerprint density at radius 2 is 1.84 bits per heavy atom. The van der Waals surface area contributed by atoms with E-state index in [2.05, 4.69) is 26.1 Å². The topological polar surface area (TPSA) is 82.0 Å². The molecule has 1 radical (unpaired) electrons. The second kappa shape index (κ2) is 8.07. The third kappa shape index (κ3) is 4.54. The molecule has 127 valence electrons. The van der Waals surface area contributed by atoms with Crippen molar-refractivity contribution in [3.8, 4) is 0 Å².